The molecule has 1 saturated heterocycles. The quantitative estimate of drug-likeness (QED) is 0.580. The van der Waals surface area contributed by atoms with Gasteiger partial charge in [-0.1, -0.05) is 19.8 Å². The molecular weight excluding hydrogens is 122 g/mol. The van der Waals surface area contributed by atoms with E-state index in [1.54, 1.807) is 0 Å². The van der Waals surface area contributed by atoms with E-state index in [-0.39, 0.29) is 0 Å². The first-order chi connectivity index (χ1) is 4.90. The van der Waals surface area contributed by atoms with Crippen LogP contribution in [0.2, 0.25) is 0 Å². The zero-order chi connectivity index (χ0) is 6.97. The molecule has 1 heterocycles. The summed E-state index contributed by atoms with van der Waals surface area (Å²) in [7, 11) is 0. The topological polar surface area (TPSA) is 21.9 Å². The van der Waals surface area contributed by atoms with Crippen LogP contribution in [0.15, 0.2) is 0 Å². The van der Waals surface area contributed by atoms with Crippen molar-refractivity contribution in [1.29, 1.82) is 0 Å². The SMILES string of the molecule is CCCC1CCC2N[C@H]2C1. The molecule has 58 valence electrons. The summed E-state index contributed by atoms with van der Waals surface area (Å²) in [5.41, 5.74) is 0. The Hall–Kier alpha value is -0.0400. The van der Waals surface area contributed by atoms with Crippen LogP contribution in [0.25, 0.3) is 0 Å². The lowest BCUT2D eigenvalue weighted by molar-refractivity contribution is 0.370. The molecule has 2 rings (SSSR count). The number of hydrogen-bond acceptors (Lipinski definition) is 1. The zero-order valence-electron chi connectivity index (χ0n) is 6.77. The third-order valence-electron chi connectivity index (χ3n) is 2.97. The van der Waals surface area contributed by atoms with Gasteiger partial charge in [-0.3, -0.25) is 0 Å². The van der Waals surface area contributed by atoms with E-state index in [1.807, 2.05) is 0 Å². The van der Waals surface area contributed by atoms with E-state index in [0.717, 1.165) is 18.0 Å². The van der Waals surface area contributed by atoms with Crippen molar-refractivity contribution in [3.05, 3.63) is 0 Å². The van der Waals surface area contributed by atoms with E-state index in [9.17, 15) is 0 Å². The Morgan fingerprint density at radius 3 is 2.90 bits per heavy atom. The van der Waals surface area contributed by atoms with Crippen molar-refractivity contribution in [3.8, 4) is 0 Å². The van der Waals surface area contributed by atoms with Gasteiger partial charge >= 0.3 is 0 Å². The highest BCUT2D eigenvalue weighted by Crippen LogP contribution is 2.34. The average molecular weight is 139 g/mol. The molecule has 2 fully saturated rings. The second-order valence-electron chi connectivity index (χ2n) is 3.85. The fourth-order valence-corrected chi connectivity index (χ4v) is 2.30. The third kappa shape index (κ3) is 1.20. The fourth-order valence-electron chi connectivity index (χ4n) is 2.30. The van der Waals surface area contributed by atoms with Crippen molar-refractivity contribution >= 4 is 0 Å². The molecular formula is C9H17N. The Morgan fingerprint density at radius 1 is 1.30 bits per heavy atom. The monoisotopic (exact) mass is 139 g/mol. The minimum absolute atomic E-state index is 0.935. The minimum Gasteiger partial charge on any atom is -0.308 e. The summed E-state index contributed by atoms with van der Waals surface area (Å²) in [5.74, 6) is 1.06. The van der Waals surface area contributed by atoms with Gasteiger partial charge in [0.1, 0.15) is 0 Å². The number of nitrogens with one attached hydrogen (secondary N) is 1. The summed E-state index contributed by atoms with van der Waals surface area (Å²) in [6.07, 6.45) is 7.25. The van der Waals surface area contributed by atoms with Crippen molar-refractivity contribution in [2.24, 2.45) is 5.92 Å². The first-order valence-electron chi connectivity index (χ1n) is 4.66. The number of fused-ring (bicyclic) bond motifs is 1. The Balaban J connectivity index is 1.77. The molecule has 2 aliphatic rings. The molecule has 0 radical (unpaired) electrons. The highest BCUT2D eigenvalue weighted by Gasteiger charge is 2.40. The predicted octanol–water partition coefficient (Wildman–Crippen LogP) is 1.93. The fraction of sp³-hybridized carbons (Fsp3) is 1.00. The van der Waals surface area contributed by atoms with Crippen LogP contribution in [-0.2, 0) is 0 Å². The van der Waals surface area contributed by atoms with Gasteiger partial charge in [0, 0.05) is 12.1 Å². The van der Waals surface area contributed by atoms with E-state index in [1.165, 1.54) is 32.1 Å². The molecule has 1 heteroatoms. The van der Waals surface area contributed by atoms with E-state index in [4.69, 9.17) is 0 Å². The molecule has 1 aliphatic heterocycles. The molecule has 10 heavy (non-hydrogen) atoms. The van der Waals surface area contributed by atoms with Gasteiger partial charge in [0.2, 0.25) is 0 Å². The maximum Gasteiger partial charge on any atom is 0.0227 e. The lowest BCUT2D eigenvalue weighted by atomic mass is 9.86. The van der Waals surface area contributed by atoms with Crippen LogP contribution in [0.3, 0.4) is 0 Å². The van der Waals surface area contributed by atoms with E-state index in [2.05, 4.69) is 12.2 Å². The van der Waals surface area contributed by atoms with Gasteiger partial charge < -0.3 is 5.32 Å². The molecule has 1 aliphatic carbocycles. The second kappa shape index (κ2) is 2.54. The maximum absolute atomic E-state index is 3.52. The first kappa shape index (κ1) is 6.66. The van der Waals surface area contributed by atoms with Crippen LogP contribution < -0.4 is 5.32 Å². The molecule has 0 bridgehead atoms. The van der Waals surface area contributed by atoms with Crippen molar-refractivity contribution in [1.82, 2.24) is 5.32 Å². The minimum atomic E-state index is 0.935. The van der Waals surface area contributed by atoms with Crippen molar-refractivity contribution < 1.29 is 0 Å². The van der Waals surface area contributed by atoms with Crippen molar-refractivity contribution in [2.75, 3.05) is 0 Å². The molecule has 0 aromatic rings. The summed E-state index contributed by atoms with van der Waals surface area (Å²) in [6.45, 7) is 2.30. The van der Waals surface area contributed by atoms with Crippen LogP contribution >= 0.6 is 0 Å². The first-order valence-corrected chi connectivity index (χ1v) is 4.66. The van der Waals surface area contributed by atoms with Gasteiger partial charge in [0.05, 0.1) is 0 Å². The second-order valence-corrected chi connectivity index (χ2v) is 3.85. The summed E-state index contributed by atoms with van der Waals surface area (Å²) < 4.78 is 0. The summed E-state index contributed by atoms with van der Waals surface area (Å²) in [5, 5.41) is 3.52. The molecule has 0 spiro atoms. The van der Waals surface area contributed by atoms with Gasteiger partial charge in [-0.15, -0.1) is 0 Å². The van der Waals surface area contributed by atoms with Crippen molar-refractivity contribution in [2.45, 2.75) is 51.1 Å². The van der Waals surface area contributed by atoms with Crippen LogP contribution in [-0.4, -0.2) is 12.1 Å². The largest absolute Gasteiger partial charge is 0.308 e. The lowest BCUT2D eigenvalue weighted by Crippen LogP contribution is -2.12. The third-order valence-corrected chi connectivity index (χ3v) is 2.97. The molecule has 0 aromatic heterocycles. The number of hydrogen-bond donors (Lipinski definition) is 1. The van der Waals surface area contributed by atoms with Gasteiger partial charge in [-0.25, -0.2) is 0 Å². The zero-order valence-corrected chi connectivity index (χ0v) is 6.77. The van der Waals surface area contributed by atoms with E-state index < -0.39 is 0 Å². The molecule has 3 atom stereocenters. The summed E-state index contributed by atoms with van der Waals surface area (Å²) in [6, 6.07) is 1.87. The van der Waals surface area contributed by atoms with Crippen molar-refractivity contribution in [3.63, 3.8) is 0 Å². The van der Waals surface area contributed by atoms with Gasteiger partial charge in [-0.05, 0) is 25.2 Å². The Morgan fingerprint density at radius 2 is 2.20 bits per heavy atom. The van der Waals surface area contributed by atoms with Crippen LogP contribution in [0.1, 0.15) is 39.0 Å². The molecule has 0 amide bonds. The smallest absolute Gasteiger partial charge is 0.0227 e. The molecule has 1 saturated carbocycles. The summed E-state index contributed by atoms with van der Waals surface area (Å²) in [4.78, 5) is 0. The number of rotatable bonds is 2. The standard InChI is InChI=1S/C9H17N/c1-2-3-7-4-5-8-9(6-7)10-8/h7-10H,2-6H2,1H3/t7?,8?,9-/m0/s1. The normalized spacial score (nSPS) is 44.7. The van der Waals surface area contributed by atoms with Crippen LogP contribution in [0.4, 0.5) is 0 Å². The Bertz CT molecular complexity index is 122. The van der Waals surface area contributed by atoms with Gasteiger partial charge in [0.15, 0.2) is 0 Å². The van der Waals surface area contributed by atoms with Crippen LogP contribution in [0, 0.1) is 5.92 Å². The van der Waals surface area contributed by atoms with Crippen LogP contribution in [0.5, 0.6) is 0 Å². The predicted molar refractivity (Wildman–Crippen MR) is 43.0 cm³/mol. The highest BCUT2D eigenvalue weighted by atomic mass is 15.1. The van der Waals surface area contributed by atoms with E-state index in [0.29, 0.717) is 0 Å². The van der Waals surface area contributed by atoms with E-state index >= 15 is 0 Å². The van der Waals surface area contributed by atoms with Gasteiger partial charge in [0.25, 0.3) is 0 Å². The lowest BCUT2D eigenvalue weighted by Gasteiger charge is -2.18. The highest BCUT2D eigenvalue weighted by molar-refractivity contribution is 5.02. The molecule has 1 nitrogen and oxygen atoms in total. The summed E-state index contributed by atoms with van der Waals surface area (Å²) >= 11 is 0. The maximum atomic E-state index is 3.52. The Kier molecular flexibility index (Phi) is 1.69. The molecule has 0 aromatic carbocycles. The average Bonchev–Trinajstić information content (AvgIpc) is 2.66. The molecule has 2 unspecified atom stereocenters. The van der Waals surface area contributed by atoms with Gasteiger partial charge in [-0.2, -0.15) is 0 Å². The Labute approximate surface area is 63.2 Å². The molecule has 1 N–H and O–H groups in total.